The molecular weight excluding hydrogens is 420 g/mol. The summed E-state index contributed by atoms with van der Waals surface area (Å²) in [4.78, 5) is 30.5. The lowest BCUT2D eigenvalue weighted by Crippen LogP contribution is -2.49. The highest BCUT2D eigenvalue weighted by Crippen LogP contribution is 2.27. The summed E-state index contributed by atoms with van der Waals surface area (Å²) in [5, 5.41) is 6.79. The number of aromatic nitrogens is 2. The van der Waals surface area contributed by atoms with Gasteiger partial charge in [0.1, 0.15) is 0 Å². The number of nitrogens with one attached hydrogen (secondary N) is 1. The lowest BCUT2D eigenvalue weighted by atomic mass is 9.87. The van der Waals surface area contributed by atoms with E-state index in [1.807, 2.05) is 13.3 Å². The third-order valence-corrected chi connectivity index (χ3v) is 7.42. The molecule has 1 N–H and O–H groups in total. The Bertz CT molecular complexity index is 991. The van der Waals surface area contributed by atoms with Gasteiger partial charge in [0.05, 0.1) is 23.5 Å². The Morgan fingerprint density at radius 3 is 2.55 bits per heavy atom. The van der Waals surface area contributed by atoms with Gasteiger partial charge in [0.2, 0.25) is 5.91 Å². The van der Waals surface area contributed by atoms with E-state index in [4.69, 9.17) is 4.74 Å². The van der Waals surface area contributed by atoms with Gasteiger partial charge in [-0.1, -0.05) is 0 Å². The van der Waals surface area contributed by atoms with Crippen LogP contribution >= 0.6 is 0 Å². The number of carbonyl (C=O) groups is 2. The standard InChI is InChI=1S/C24H34N6O3/c1-33-20-4-2-18(3-5-20)16-27-10-12-28(13-11-27)17-19-6-9-30-21(14-19)22(15-25-30)29-8-7-23(31)26-24(29)32/h6,9,14-15,18,20H,2-5,7-8,10-13,16-17H2,1H3,(H,26,31,32). The van der Waals surface area contributed by atoms with Crippen LogP contribution in [0.25, 0.3) is 5.52 Å². The number of fused-ring (bicyclic) bond motifs is 1. The predicted octanol–water partition coefficient (Wildman–Crippen LogP) is 2.10. The maximum atomic E-state index is 12.3. The first-order valence-electron chi connectivity index (χ1n) is 12.1. The topological polar surface area (TPSA) is 82.4 Å². The van der Waals surface area contributed by atoms with Gasteiger partial charge in [-0.05, 0) is 49.3 Å². The Morgan fingerprint density at radius 2 is 1.82 bits per heavy atom. The van der Waals surface area contributed by atoms with Crippen molar-refractivity contribution in [2.45, 2.75) is 44.8 Å². The van der Waals surface area contributed by atoms with Crippen molar-refractivity contribution in [3.05, 3.63) is 30.1 Å². The SMILES string of the molecule is COC1CCC(CN2CCN(Cc3ccn4ncc(N5CCC(=O)NC5=O)c4c3)CC2)CC1. The Balaban J connectivity index is 1.17. The minimum atomic E-state index is -0.376. The second kappa shape index (κ2) is 9.79. The van der Waals surface area contributed by atoms with Gasteiger partial charge in [-0.3, -0.25) is 19.9 Å². The zero-order valence-electron chi connectivity index (χ0n) is 19.4. The lowest BCUT2D eigenvalue weighted by Gasteiger charge is -2.38. The third-order valence-electron chi connectivity index (χ3n) is 7.42. The van der Waals surface area contributed by atoms with Gasteiger partial charge in [0, 0.05) is 65.5 Å². The van der Waals surface area contributed by atoms with Crippen LogP contribution in [-0.2, 0) is 16.1 Å². The first-order valence-corrected chi connectivity index (χ1v) is 12.1. The summed E-state index contributed by atoms with van der Waals surface area (Å²) in [7, 11) is 1.84. The number of imide groups is 1. The van der Waals surface area contributed by atoms with E-state index in [0.717, 1.165) is 49.8 Å². The molecule has 33 heavy (non-hydrogen) atoms. The zero-order chi connectivity index (χ0) is 22.8. The number of hydrogen-bond donors (Lipinski definition) is 1. The van der Waals surface area contributed by atoms with Crippen LogP contribution in [0.1, 0.15) is 37.7 Å². The van der Waals surface area contributed by atoms with Crippen LogP contribution in [0.5, 0.6) is 0 Å². The van der Waals surface area contributed by atoms with Gasteiger partial charge < -0.3 is 9.64 Å². The zero-order valence-corrected chi connectivity index (χ0v) is 19.4. The molecule has 0 atom stereocenters. The van der Waals surface area contributed by atoms with Crippen molar-refractivity contribution in [3.63, 3.8) is 0 Å². The van der Waals surface area contributed by atoms with E-state index in [1.165, 1.54) is 37.8 Å². The smallest absolute Gasteiger partial charge is 0.328 e. The first-order chi connectivity index (χ1) is 16.1. The number of carbonyl (C=O) groups excluding carboxylic acids is 2. The Morgan fingerprint density at radius 1 is 1.06 bits per heavy atom. The first kappa shape index (κ1) is 22.3. The monoisotopic (exact) mass is 454 g/mol. The number of ether oxygens (including phenoxy) is 1. The van der Waals surface area contributed by atoms with Gasteiger partial charge in [-0.15, -0.1) is 0 Å². The van der Waals surface area contributed by atoms with Gasteiger partial charge >= 0.3 is 6.03 Å². The van der Waals surface area contributed by atoms with Crippen LogP contribution in [0.15, 0.2) is 24.5 Å². The molecule has 1 aliphatic carbocycles. The number of nitrogens with zero attached hydrogens (tertiary/aromatic N) is 5. The molecule has 0 radical (unpaired) electrons. The molecule has 9 heteroatoms. The van der Waals surface area contributed by atoms with Crippen LogP contribution in [-0.4, -0.2) is 83.8 Å². The van der Waals surface area contributed by atoms with Crippen molar-refractivity contribution in [1.82, 2.24) is 24.7 Å². The number of pyridine rings is 1. The van der Waals surface area contributed by atoms with E-state index < -0.39 is 0 Å². The molecule has 9 nitrogen and oxygen atoms in total. The van der Waals surface area contributed by atoms with Crippen molar-refractivity contribution in [1.29, 1.82) is 0 Å². The molecule has 5 rings (SSSR count). The molecule has 3 aliphatic rings. The Kier molecular flexibility index (Phi) is 6.62. The fourth-order valence-corrected chi connectivity index (χ4v) is 5.42. The van der Waals surface area contributed by atoms with Gasteiger partial charge in [-0.2, -0.15) is 5.10 Å². The molecule has 3 amide bonds. The molecule has 3 fully saturated rings. The maximum absolute atomic E-state index is 12.3. The minimum Gasteiger partial charge on any atom is -0.381 e. The molecule has 4 heterocycles. The lowest BCUT2D eigenvalue weighted by molar-refractivity contribution is -0.120. The summed E-state index contributed by atoms with van der Waals surface area (Å²) in [5.41, 5.74) is 2.85. The fraction of sp³-hybridized carbons (Fsp3) is 0.625. The van der Waals surface area contributed by atoms with E-state index in [1.54, 1.807) is 15.6 Å². The van der Waals surface area contributed by atoms with Crippen molar-refractivity contribution in [3.8, 4) is 0 Å². The largest absolute Gasteiger partial charge is 0.381 e. The molecule has 0 spiro atoms. The normalized spacial score (nSPS) is 25.5. The molecule has 178 valence electrons. The van der Waals surface area contributed by atoms with E-state index in [-0.39, 0.29) is 11.9 Å². The Hall–Kier alpha value is -2.49. The maximum Gasteiger partial charge on any atom is 0.328 e. The van der Waals surface area contributed by atoms with Crippen molar-refractivity contribution in [2.24, 2.45) is 5.92 Å². The van der Waals surface area contributed by atoms with Crippen LogP contribution in [0.3, 0.4) is 0 Å². The Labute approximate surface area is 194 Å². The number of urea groups is 1. The van der Waals surface area contributed by atoms with Crippen LogP contribution < -0.4 is 10.2 Å². The van der Waals surface area contributed by atoms with Crippen molar-refractivity contribution >= 4 is 23.1 Å². The number of anilines is 1. The summed E-state index contributed by atoms with van der Waals surface area (Å²) >= 11 is 0. The summed E-state index contributed by atoms with van der Waals surface area (Å²) in [6, 6.07) is 3.84. The highest BCUT2D eigenvalue weighted by molar-refractivity contribution is 6.07. The van der Waals surface area contributed by atoms with Gasteiger partial charge in [-0.25, -0.2) is 9.31 Å². The summed E-state index contributed by atoms with van der Waals surface area (Å²) in [6.07, 6.45) is 9.41. The number of hydrogen-bond acceptors (Lipinski definition) is 6. The average Bonchev–Trinajstić information content (AvgIpc) is 3.24. The molecule has 0 aromatic carbocycles. The van der Waals surface area contributed by atoms with Crippen molar-refractivity contribution in [2.75, 3.05) is 51.3 Å². The molecule has 0 unspecified atom stereocenters. The number of rotatable bonds is 6. The number of piperazine rings is 1. The number of amides is 3. The fourth-order valence-electron chi connectivity index (χ4n) is 5.42. The second-order valence-corrected chi connectivity index (χ2v) is 9.60. The highest BCUT2D eigenvalue weighted by Gasteiger charge is 2.27. The van der Waals surface area contributed by atoms with Crippen molar-refractivity contribution < 1.29 is 14.3 Å². The average molecular weight is 455 g/mol. The molecule has 1 saturated carbocycles. The molecule has 0 bridgehead atoms. The van der Waals surface area contributed by atoms with E-state index in [0.29, 0.717) is 19.1 Å². The van der Waals surface area contributed by atoms with Gasteiger partial charge in [0.15, 0.2) is 0 Å². The van der Waals surface area contributed by atoms with Crippen LogP contribution in [0, 0.1) is 5.92 Å². The molecule has 2 aliphatic heterocycles. The second-order valence-electron chi connectivity index (χ2n) is 9.60. The molecular formula is C24H34N6O3. The molecule has 2 aromatic rings. The van der Waals surface area contributed by atoms with Crippen LogP contribution in [0.2, 0.25) is 0 Å². The summed E-state index contributed by atoms with van der Waals surface area (Å²) < 4.78 is 7.30. The number of methoxy groups -OCH3 is 1. The van der Waals surface area contributed by atoms with Gasteiger partial charge in [0.25, 0.3) is 0 Å². The highest BCUT2D eigenvalue weighted by atomic mass is 16.5. The molecule has 2 saturated heterocycles. The summed E-state index contributed by atoms with van der Waals surface area (Å²) in [6.45, 7) is 6.86. The van der Waals surface area contributed by atoms with E-state index >= 15 is 0 Å². The third kappa shape index (κ3) is 5.05. The summed E-state index contributed by atoms with van der Waals surface area (Å²) in [5.74, 6) is 0.586. The van der Waals surface area contributed by atoms with E-state index in [2.05, 4.69) is 32.3 Å². The predicted molar refractivity (Wildman–Crippen MR) is 125 cm³/mol. The van der Waals surface area contributed by atoms with E-state index in [9.17, 15) is 9.59 Å². The quantitative estimate of drug-likeness (QED) is 0.720. The van der Waals surface area contributed by atoms with Crippen LogP contribution in [0.4, 0.5) is 10.5 Å². The minimum absolute atomic E-state index is 0.227. The molecule has 2 aromatic heterocycles.